The summed E-state index contributed by atoms with van der Waals surface area (Å²) in [5.41, 5.74) is 0.996. The van der Waals surface area contributed by atoms with E-state index in [2.05, 4.69) is 0 Å². The maximum atomic E-state index is 10.8. The van der Waals surface area contributed by atoms with E-state index in [1.807, 2.05) is 6.07 Å². The van der Waals surface area contributed by atoms with Crippen LogP contribution in [-0.2, 0) is 9.53 Å². The number of ether oxygens (including phenoxy) is 1. The molecule has 0 aromatic heterocycles. The second-order valence-corrected chi connectivity index (χ2v) is 5.24. The summed E-state index contributed by atoms with van der Waals surface area (Å²) in [6.45, 7) is 0.621. The highest BCUT2D eigenvalue weighted by atomic mass is 35.5. The first kappa shape index (κ1) is 13.7. The van der Waals surface area contributed by atoms with Crippen molar-refractivity contribution in [3.63, 3.8) is 0 Å². The van der Waals surface area contributed by atoms with Gasteiger partial charge in [0.2, 0.25) is 0 Å². The van der Waals surface area contributed by atoms with Crippen LogP contribution in [0.15, 0.2) is 18.2 Å². The summed E-state index contributed by atoms with van der Waals surface area (Å²) in [6, 6.07) is 5.44. The molecule has 18 heavy (non-hydrogen) atoms. The van der Waals surface area contributed by atoms with Crippen molar-refractivity contribution in [2.24, 2.45) is 0 Å². The van der Waals surface area contributed by atoms with Gasteiger partial charge in [-0.15, -0.1) is 0 Å². The molecule has 1 unspecified atom stereocenters. The molecular weight excluding hydrogens is 275 g/mol. The molecule has 1 heterocycles. The highest BCUT2D eigenvalue weighted by Gasteiger charge is 2.29. The van der Waals surface area contributed by atoms with Gasteiger partial charge in [0, 0.05) is 12.5 Å². The number of rotatable bonds is 3. The molecule has 2 atom stereocenters. The van der Waals surface area contributed by atoms with E-state index in [-0.39, 0.29) is 18.4 Å². The molecule has 1 N–H and O–H groups in total. The number of carbonyl (C=O) groups is 1. The van der Waals surface area contributed by atoms with Crippen LogP contribution in [0.5, 0.6) is 0 Å². The molecular formula is C13H14Cl2O3. The zero-order chi connectivity index (χ0) is 13.1. The highest BCUT2D eigenvalue weighted by molar-refractivity contribution is 6.42. The minimum Gasteiger partial charge on any atom is -0.481 e. The number of carboxylic acid groups (broad SMARTS) is 1. The van der Waals surface area contributed by atoms with E-state index in [0.717, 1.165) is 18.4 Å². The van der Waals surface area contributed by atoms with Crippen molar-refractivity contribution in [3.8, 4) is 0 Å². The lowest BCUT2D eigenvalue weighted by Gasteiger charge is -2.31. The van der Waals surface area contributed by atoms with Gasteiger partial charge in [-0.25, -0.2) is 0 Å². The van der Waals surface area contributed by atoms with E-state index in [1.54, 1.807) is 12.1 Å². The van der Waals surface area contributed by atoms with Crippen LogP contribution in [0.2, 0.25) is 10.0 Å². The SMILES string of the molecule is O=C(O)C[C@@H]1OCCCC1c1ccc(Cl)c(Cl)c1. The Labute approximate surface area is 116 Å². The van der Waals surface area contributed by atoms with E-state index in [4.69, 9.17) is 33.0 Å². The Morgan fingerprint density at radius 1 is 1.39 bits per heavy atom. The first-order chi connectivity index (χ1) is 8.58. The number of hydrogen-bond donors (Lipinski definition) is 1. The number of aliphatic carboxylic acids is 1. The van der Waals surface area contributed by atoms with Crippen LogP contribution in [0.4, 0.5) is 0 Å². The van der Waals surface area contributed by atoms with Gasteiger partial charge in [0.25, 0.3) is 0 Å². The number of hydrogen-bond acceptors (Lipinski definition) is 2. The van der Waals surface area contributed by atoms with Crippen LogP contribution in [0, 0.1) is 0 Å². The Morgan fingerprint density at radius 3 is 2.83 bits per heavy atom. The zero-order valence-electron chi connectivity index (χ0n) is 9.73. The summed E-state index contributed by atoms with van der Waals surface area (Å²) < 4.78 is 5.57. The van der Waals surface area contributed by atoms with Crippen molar-refractivity contribution < 1.29 is 14.6 Å². The highest BCUT2D eigenvalue weighted by Crippen LogP contribution is 2.35. The largest absolute Gasteiger partial charge is 0.481 e. The van der Waals surface area contributed by atoms with E-state index >= 15 is 0 Å². The predicted molar refractivity (Wildman–Crippen MR) is 70.4 cm³/mol. The van der Waals surface area contributed by atoms with E-state index < -0.39 is 5.97 Å². The van der Waals surface area contributed by atoms with Crippen LogP contribution in [-0.4, -0.2) is 23.8 Å². The first-order valence-electron chi connectivity index (χ1n) is 5.86. The van der Waals surface area contributed by atoms with E-state index in [1.165, 1.54) is 0 Å². The predicted octanol–water partition coefficient (Wildman–Crippen LogP) is 3.73. The number of carboxylic acids is 1. The summed E-state index contributed by atoms with van der Waals surface area (Å²) in [6.07, 6.45) is 1.58. The van der Waals surface area contributed by atoms with Crippen molar-refractivity contribution in [2.75, 3.05) is 6.61 Å². The molecule has 1 aliphatic rings. The molecule has 0 aliphatic carbocycles. The van der Waals surface area contributed by atoms with Crippen molar-refractivity contribution in [3.05, 3.63) is 33.8 Å². The van der Waals surface area contributed by atoms with Gasteiger partial charge in [-0.05, 0) is 30.5 Å². The van der Waals surface area contributed by atoms with Crippen LogP contribution in [0.1, 0.15) is 30.7 Å². The summed E-state index contributed by atoms with van der Waals surface area (Å²) in [4.78, 5) is 10.8. The molecule has 2 rings (SSSR count). The molecule has 0 bridgehead atoms. The molecule has 1 aromatic rings. The Kier molecular flexibility index (Phi) is 4.49. The van der Waals surface area contributed by atoms with Crippen molar-refractivity contribution >= 4 is 29.2 Å². The van der Waals surface area contributed by atoms with Gasteiger partial charge in [0.15, 0.2) is 0 Å². The third-order valence-corrected chi connectivity index (χ3v) is 3.93. The van der Waals surface area contributed by atoms with Crippen LogP contribution >= 0.6 is 23.2 Å². The minimum atomic E-state index is -0.841. The first-order valence-corrected chi connectivity index (χ1v) is 6.62. The Balaban J connectivity index is 2.22. The third kappa shape index (κ3) is 3.16. The van der Waals surface area contributed by atoms with Crippen molar-refractivity contribution in [1.29, 1.82) is 0 Å². The van der Waals surface area contributed by atoms with Gasteiger partial charge in [0.05, 0.1) is 22.6 Å². The fourth-order valence-electron chi connectivity index (χ4n) is 2.34. The summed E-state index contributed by atoms with van der Waals surface area (Å²) in [7, 11) is 0. The molecule has 98 valence electrons. The fourth-order valence-corrected chi connectivity index (χ4v) is 2.64. The standard InChI is InChI=1S/C13H14Cl2O3/c14-10-4-3-8(6-11(10)15)9-2-1-5-18-12(9)7-13(16)17/h3-4,6,9,12H,1-2,5,7H2,(H,16,17)/t9?,12-/m0/s1. The van der Waals surface area contributed by atoms with E-state index in [0.29, 0.717) is 16.7 Å². The lowest BCUT2D eigenvalue weighted by molar-refractivity contribution is -0.141. The fraction of sp³-hybridized carbons (Fsp3) is 0.462. The Bertz CT molecular complexity index is 448. The van der Waals surface area contributed by atoms with Crippen LogP contribution in [0.25, 0.3) is 0 Å². The third-order valence-electron chi connectivity index (χ3n) is 3.19. The van der Waals surface area contributed by atoms with Gasteiger partial charge in [-0.1, -0.05) is 29.3 Å². The second-order valence-electron chi connectivity index (χ2n) is 4.43. The Morgan fingerprint density at radius 2 is 2.17 bits per heavy atom. The lowest BCUT2D eigenvalue weighted by Crippen LogP contribution is -2.30. The van der Waals surface area contributed by atoms with Crippen molar-refractivity contribution in [2.45, 2.75) is 31.3 Å². The molecule has 0 amide bonds. The molecule has 1 fully saturated rings. The van der Waals surface area contributed by atoms with Crippen molar-refractivity contribution in [1.82, 2.24) is 0 Å². The molecule has 5 heteroatoms. The maximum absolute atomic E-state index is 10.8. The van der Waals surface area contributed by atoms with Crippen LogP contribution < -0.4 is 0 Å². The second kappa shape index (κ2) is 5.91. The summed E-state index contributed by atoms with van der Waals surface area (Å²) in [5.74, 6) is -0.767. The molecule has 1 aliphatic heterocycles. The molecule has 0 spiro atoms. The lowest BCUT2D eigenvalue weighted by atomic mass is 9.86. The topological polar surface area (TPSA) is 46.5 Å². The van der Waals surface area contributed by atoms with Gasteiger partial charge in [0.1, 0.15) is 0 Å². The summed E-state index contributed by atoms with van der Waals surface area (Å²) >= 11 is 11.9. The quantitative estimate of drug-likeness (QED) is 0.922. The number of benzene rings is 1. The minimum absolute atomic E-state index is 0.0188. The zero-order valence-corrected chi connectivity index (χ0v) is 11.2. The summed E-state index contributed by atoms with van der Waals surface area (Å²) in [5, 5.41) is 9.90. The molecule has 0 saturated carbocycles. The molecule has 0 radical (unpaired) electrons. The van der Waals surface area contributed by atoms with Gasteiger partial charge >= 0.3 is 5.97 Å². The number of halogens is 2. The monoisotopic (exact) mass is 288 g/mol. The van der Waals surface area contributed by atoms with Gasteiger partial charge in [-0.3, -0.25) is 4.79 Å². The molecule has 3 nitrogen and oxygen atoms in total. The smallest absolute Gasteiger partial charge is 0.306 e. The molecule has 1 saturated heterocycles. The van der Waals surface area contributed by atoms with Gasteiger partial charge in [-0.2, -0.15) is 0 Å². The molecule has 1 aromatic carbocycles. The van der Waals surface area contributed by atoms with E-state index in [9.17, 15) is 4.79 Å². The maximum Gasteiger partial charge on any atom is 0.306 e. The normalized spacial score (nSPS) is 23.9. The average molecular weight is 289 g/mol. The van der Waals surface area contributed by atoms with Gasteiger partial charge < -0.3 is 9.84 Å². The van der Waals surface area contributed by atoms with Crippen LogP contribution in [0.3, 0.4) is 0 Å². The Hall–Kier alpha value is -0.770. The average Bonchev–Trinajstić information content (AvgIpc) is 2.33.